The first-order chi connectivity index (χ1) is 3.80. The average Bonchev–Trinajstić information content (AvgIpc) is 1.77. The molecular weight excluding hydrogens is 104 g/mol. The largest absolute Gasteiger partial charge is 0.587 e. The van der Waals surface area contributed by atoms with E-state index in [0.717, 1.165) is 0 Å². The zero-order valence-electron chi connectivity index (χ0n) is 4.31. The van der Waals surface area contributed by atoms with Gasteiger partial charge in [0.1, 0.15) is 0 Å². The Kier molecular flexibility index (Phi) is 1.08. The van der Waals surface area contributed by atoms with E-state index in [9.17, 15) is 0 Å². The van der Waals surface area contributed by atoms with Crippen LogP contribution in [0, 0.1) is 0 Å². The highest BCUT2D eigenvalue weighted by Gasteiger charge is 2.02. The molecule has 1 aromatic carbocycles. The predicted molar refractivity (Wildman–Crippen MR) is 32.6 cm³/mol. The topological polar surface area (TPSA) is 45.8 Å². The van der Waals surface area contributed by atoms with Crippen LogP contribution in [0.3, 0.4) is 0 Å². The van der Waals surface area contributed by atoms with E-state index in [1.165, 1.54) is 0 Å². The van der Waals surface area contributed by atoms with Gasteiger partial charge in [-0.1, -0.05) is 12.1 Å². The summed E-state index contributed by atoms with van der Waals surface area (Å²) in [6.07, 6.45) is 0. The van der Waals surface area contributed by atoms with E-state index in [4.69, 9.17) is 10.2 Å². The van der Waals surface area contributed by atoms with Crippen molar-refractivity contribution >= 4 is 0 Å². The van der Waals surface area contributed by atoms with Gasteiger partial charge in [-0.2, -0.15) is 0 Å². The molecule has 1 aromatic rings. The first-order valence-electron chi connectivity index (χ1n) is 2.33. The molecule has 0 atom stereocenters. The molecule has 4 N–H and O–H groups in total. The van der Waals surface area contributed by atoms with Crippen LogP contribution in [-0.2, 0) is 0 Å². The SMILES string of the molecule is [OH2+]c1ccccc1[OH2+]. The average molecular weight is 112 g/mol. The fourth-order valence-electron chi connectivity index (χ4n) is 0.483. The van der Waals surface area contributed by atoms with E-state index in [2.05, 4.69) is 0 Å². The van der Waals surface area contributed by atoms with Gasteiger partial charge < -0.3 is 10.2 Å². The Bertz CT molecular complexity index is 163. The lowest BCUT2D eigenvalue weighted by molar-refractivity contribution is 0.404. The molecule has 1 rings (SSSR count). The van der Waals surface area contributed by atoms with Crippen molar-refractivity contribution in [2.75, 3.05) is 0 Å². The summed E-state index contributed by atoms with van der Waals surface area (Å²) in [7, 11) is 0. The molecular formula is C6H8O2+2. The molecule has 0 unspecified atom stereocenters. The third-order valence-corrected chi connectivity index (χ3v) is 0.927. The molecule has 0 fully saturated rings. The number of para-hydroxylation sites is 2. The zero-order chi connectivity index (χ0) is 5.98. The minimum absolute atomic E-state index is 0.285. The second-order valence-electron chi connectivity index (χ2n) is 1.55. The molecule has 0 spiro atoms. The van der Waals surface area contributed by atoms with E-state index in [1.54, 1.807) is 24.3 Å². The van der Waals surface area contributed by atoms with E-state index in [1.807, 2.05) is 0 Å². The van der Waals surface area contributed by atoms with Crippen LogP contribution in [0.15, 0.2) is 24.3 Å². The third-order valence-electron chi connectivity index (χ3n) is 0.927. The van der Waals surface area contributed by atoms with Gasteiger partial charge >= 0.3 is 11.5 Å². The fourth-order valence-corrected chi connectivity index (χ4v) is 0.483. The summed E-state index contributed by atoms with van der Waals surface area (Å²) in [6.45, 7) is 0. The number of hydrogen-bond acceptors (Lipinski definition) is 0. The van der Waals surface area contributed by atoms with Crippen molar-refractivity contribution in [1.29, 1.82) is 0 Å². The van der Waals surface area contributed by atoms with Crippen LogP contribution in [0.25, 0.3) is 0 Å². The summed E-state index contributed by atoms with van der Waals surface area (Å²) in [5, 5.41) is 14.1. The first-order valence-corrected chi connectivity index (χ1v) is 2.33. The third kappa shape index (κ3) is 0.729. The van der Waals surface area contributed by atoms with Crippen molar-refractivity contribution in [1.82, 2.24) is 0 Å². The molecule has 42 valence electrons. The van der Waals surface area contributed by atoms with E-state index in [0.29, 0.717) is 0 Å². The summed E-state index contributed by atoms with van der Waals surface area (Å²) in [5.41, 5.74) is 0. The van der Waals surface area contributed by atoms with Gasteiger partial charge in [-0.15, -0.1) is 0 Å². The standard InChI is InChI=1S/C6H6O2/c7-5-3-1-2-4-6(5)8/h1-4,7-8H/p+2. The maximum Gasteiger partial charge on any atom is 0.351 e. The number of rotatable bonds is 0. The quantitative estimate of drug-likeness (QED) is 0.440. The smallest absolute Gasteiger partial charge is 0.351 e. The van der Waals surface area contributed by atoms with Crippen molar-refractivity contribution in [3.05, 3.63) is 24.3 Å². The van der Waals surface area contributed by atoms with Gasteiger partial charge in [-0.3, -0.25) is 0 Å². The Morgan fingerprint density at radius 3 is 1.50 bits per heavy atom. The van der Waals surface area contributed by atoms with Gasteiger partial charge in [0.25, 0.3) is 0 Å². The van der Waals surface area contributed by atoms with Crippen LogP contribution in [0.2, 0.25) is 0 Å². The molecule has 2 heteroatoms. The molecule has 0 saturated heterocycles. The maximum atomic E-state index is 7.03. The summed E-state index contributed by atoms with van der Waals surface area (Å²) >= 11 is 0. The highest BCUT2D eigenvalue weighted by molar-refractivity contribution is 5.36. The summed E-state index contributed by atoms with van der Waals surface area (Å²) in [5.74, 6) is 0.569. The van der Waals surface area contributed by atoms with Gasteiger partial charge in [-0.25, -0.2) is 0 Å². The van der Waals surface area contributed by atoms with Crippen LogP contribution in [0.5, 0.6) is 11.5 Å². The minimum atomic E-state index is 0.285. The van der Waals surface area contributed by atoms with E-state index in [-0.39, 0.29) is 11.5 Å². The first kappa shape index (κ1) is 4.97. The molecule has 0 aliphatic carbocycles. The maximum absolute atomic E-state index is 7.03. The van der Waals surface area contributed by atoms with Crippen molar-refractivity contribution < 1.29 is 10.2 Å². The monoisotopic (exact) mass is 112 g/mol. The lowest BCUT2D eigenvalue weighted by atomic mass is 10.3. The Balaban J connectivity index is 3.13. The van der Waals surface area contributed by atoms with E-state index < -0.39 is 0 Å². The Hall–Kier alpha value is -1.18. The van der Waals surface area contributed by atoms with Crippen LogP contribution in [0.4, 0.5) is 0 Å². The van der Waals surface area contributed by atoms with Crippen molar-refractivity contribution in [2.45, 2.75) is 0 Å². The molecule has 0 radical (unpaired) electrons. The second kappa shape index (κ2) is 1.74. The van der Waals surface area contributed by atoms with Gasteiger partial charge in [0, 0.05) is 12.1 Å². The highest BCUT2D eigenvalue weighted by Crippen LogP contribution is 2.21. The summed E-state index contributed by atoms with van der Waals surface area (Å²) in [4.78, 5) is 0. The lowest BCUT2D eigenvalue weighted by Gasteiger charge is -1.83. The van der Waals surface area contributed by atoms with Gasteiger partial charge in [0.2, 0.25) is 0 Å². The Morgan fingerprint density at radius 1 is 0.875 bits per heavy atom. The summed E-state index contributed by atoms with van der Waals surface area (Å²) in [6, 6.07) is 6.70. The number of benzene rings is 1. The van der Waals surface area contributed by atoms with Crippen LogP contribution >= 0.6 is 0 Å². The molecule has 2 nitrogen and oxygen atoms in total. The van der Waals surface area contributed by atoms with Crippen molar-refractivity contribution in [2.24, 2.45) is 0 Å². The highest BCUT2D eigenvalue weighted by atomic mass is 16.3. The molecule has 0 bridgehead atoms. The molecule has 0 aliphatic rings. The molecule has 8 heavy (non-hydrogen) atoms. The molecule has 0 aromatic heterocycles. The minimum Gasteiger partial charge on any atom is -0.587 e. The van der Waals surface area contributed by atoms with Crippen molar-refractivity contribution in [3.8, 4) is 11.5 Å². The van der Waals surface area contributed by atoms with Crippen LogP contribution in [-0.4, -0.2) is 10.2 Å². The van der Waals surface area contributed by atoms with Gasteiger partial charge in [0.15, 0.2) is 0 Å². The Morgan fingerprint density at radius 2 is 1.25 bits per heavy atom. The summed E-state index contributed by atoms with van der Waals surface area (Å²) < 4.78 is 0. The van der Waals surface area contributed by atoms with Gasteiger partial charge in [0.05, 0.1) is 0 Å². The fraction of sp³-hybridized carbons (Fsp3) is 0. The molecule has 0 amide bonds. The van der Waals surface area contributed by atoms with Crippen LogP contribution < -0.4 is 0 Å². The van der Waals surface area contributed by atoms with Gasteiger partial charge in [-0.05, 0) is 0 Å². The van der Waals surface area contributed by atoms with E-state index >= 15 is 0 Å². The Labute approximate surface area is 47.0 Å². The van der Waals surface area contributed by atoms with Crippen LogP contribution in [0.1, 0.15) is 0 Å². The molecule has 0 aliphatic heterocycles. The zero-order valence-corrected chi connectivity index (χ0v) is 4.31. The second-order valence-corrected chi connectivity index (χ2v) is 1.55. The lowest BCUT2D eigenvalue weighted by Crippen LogP contribution is -1.63. The molecule has 0 heterocycles. The van der Waals surface area contributed by atoms with Crippen molar-refractivity contribution in [3.63, 3.8) is 0 Å². The molecule has 0 saturated carbocycles. The normalized spacial score (nSPS) is 9.00. The number of hydrogen-bond donors (Lipinski definition) is 0. The predicted octanol–water partition coefficient (Wildman–Crippen LogP) is 0.562.